The highest BCUT2D eigenvalue weighted by Gasteiger charge is 2.35. The molecule has 1 unspecified atom stereocenters. The monoisotopic (exact) mass is 436 g/mol. The molecule has 6 nitrogen and oxygen atoms in total. The van der Waals surface area contributed by atoms with E-state index in [1.165, 1.54) is 0 Å². The fraction of sp³-hybridized carbons (Fsp3) is 0.292. The fourth-order valence-electron chi connectivity index (χ4n) is 3.81. The van der Waals surface area contributed by atoms with Crippen LogP contribution >= 0.6 is 11.6 Å². The van der Waals surface area contributed by atoms with Gasteiger partial charge in [0.2, 0.25) is 5.82 Å². The van der Waals surface area contributed by atoms with Gasteiger partial charge < -0.3 is 9.84 Å². The first-order chi connectivity index (χ1) is 15.0. The zero-order valence-electron chi connectivity index (χ0n) is 17.9. The third-order valence-electron chi connectivity index (χ3n) is 5.45. The van der Waals surface area contributed by atoms with E-state index in [1.807, 2.05) is 62.4 Å². The molecule has 1 aliphatic rings. The molecule has 31 heavy (non-hydrogen) atoms. The summed E-state index contributed by atoms with van der Waals surface area (Å²) < 4.78 is 5.71. The number of amides is 2. The van der Waals surface area contributed by atoms with Gasteiger partial charge in [0, 0.05) is 22.8 Å². The Hall–Kier alpha value is -3.12. The molecule has 0 fully saturated rings. The molecular formula is C24H25ClN4O2. The molecule has 1 aromatic heterocycles. The topological polar surface area (TPSA) is 71.3 Å². The van der Waals surface area contributed by atoms with Crippen molar-refractivity contribution >= 4 is 23.2 Å². The SMILES string of the molecule is CCCCN1C(=O)NC(c2cccc(Cl)c2)C(c2nc(-c3cccc(C)c3)no2)=C1C. The van der Waals surface area contributed by atoms with E-state index in [-0.39, 0.29) is 6.03 Å². The van der Waals surface area contributed by atoms with Crippen LogP contribution in [0.2, 0.25) is 5.02 Å². The van der Waals surface area contributed by atoms with Gasteiger partial charge in [0.05, 0.1) is 11.6 Å². The number of urea groups is 1. The second kappa shape index (κ2) is 8.94. The molecule has 160 valence electrons. The van der Waals surface area contributed by atoms with Crippen LogP contribution in [-0.4, -0.2) is 27.6 Å². The van der Waals surface area contributed by atoms with Gasteiger partial charge in [-0.3, -0.25) is 4.90 Å². The molecule has 2 amide bonds. The minimum Gasteiger partial charge on any atom is -0.334 e. The fourth-order valence-corrected chi connectivity index (χ4v) is 4.01. The van der Waals surface area contributed by atoms with Crippen LogP contribution in [0.5, 0.6) is 0 Å². The van der Waals surface area contributed by atoms with Crippen LogP contribution in [0.15, 0.2) is 58.8 Å². The van der Waals surface area contributed by atoms with Crippen LogP contribution in [0.3, 0.4) is 0 Å². The second-order valence-electron chi connectivity index (χ2n) is 7.73. The van der Waals surface area contributed by atoms with Crippen molar-refractivity contribution < 1.29 is 9.32 Å². The minimum absolute atomic E-state index is 0.141. The molecule has 7 heteroatoms. The molecule has 1 aliphatic heterocycles. The van der Waals surface area contributed by atoms with Gasteiger partial charge in [-0.15, -0.1) is 0 Å². The van der Waals surface area contributed by atoms with Crippen molar-refractivity contribution in [2.45, 2.75) is 39.7 Å². The highest BCUT2D eigenvalue weighted by atomic mass is 35.5. The van der Waals surface area contributed by atoms with Gasteiger partial charge in [0.25, 0.3) is 5.89 Å². The maximum Gasteiger partial charge on any atom is 0.322 e. The van der Waals surface area contributed by atoms with E-state index in [0.29, 0.717) is 23.3 Å². The number of rotatable bonds is 6. The number of hydrogen-bond acceptors (Lipinski definition) is 4. The molecule has 3 aromatic rings. The standard InChI is InChI=1S/C24H25ClN4O2/c1-4-5-12-29-16(3)20(21(26-24(29)30)17-9-7-11-19(25)14-17)23-27-22(28-31-23)18-10-6-8-15(2)13-18/h6-11,13-14,21H,4-5,12H2,1-3H3,(H,26,30). The van der Waals surface area contributed by atoms with Gasteiger partial charge in [-0.25, -0.2) is 4.79 Å². The number of aromatic nitrogens is 2. The lowest BCUT2D eigenvalue weighted by molar-refractivity contribution is 0.204. The summed E-state index contributed by atoms with van der Waals surface area (Å²) in [5.74, 6) is 0.904. The zero-order valence-corrected chi connectivity index (χ0v) is 18.6. The Balaban J connectivity index is 1.81. The van der Waals surface area contributed by atoms with Crippen molar-refractivity contribution in [2.75, 3.05) is 6.54 Å². The predicted octanol–water partition coefficient (Wildman–Crippen LogP) is 6.00. The highest BCUT2D eigenvalue weighted by Crippen LogP contribution is 2.38. The summed E-state index contributed by atoms with van der Waals surface area (Å²) in [5, 5.41) is 7.91. The number of carbonyl (C=O) groups is 1. The molecule has 1 atom stereocenters. The molecule has 0 spiro atoms. The van der Waals surface area contributed by atoms with Crippen molar-refractivity contribution in [1.82, 2.24) is 20.4 Å². The molecule has 0 saturated carbocycles. The number of nitrogens with one attached hydrogen (secondary N) is 1. The van der Waals surface area contributed by atoms with Crippen molar-refractivity contribution in [1.29, 1.82) is 0 Å². The number of halogens is 1. The molecule has 0 bridgehead atoms. The molecular weight excluding hydrogens is 412 g/mol. The molecule has 0 saturated heterocycles. The first-order valence-corrected chi connectivity index (χ1v) is 10.8. The van der Waals surface area contributed by atoms with Crippen molar-refractivity contribution in [2.24, 2.45) is 0 Å². The Morgan fingerprint density at radius 2 is 1.97 bits per heavy atom. The van der Waals surface area contributed by atoms with Crippen LogP contribution < -0.4 is 5.32 Å². The Bertz CT molecular complexity index is 1140. The van der Waals surface area contributed by atoms with Crippen molar-refractivity contribution in [3.63, 3.8) is 0 Å². The van der Waals surface area contributed by atoms with Gasteiger partial charge >= 0.3 is 6.03 Å². The Kier molecular flexibility index (Phi) is 6.09. The minimum atomic E-state index is -0.435. The van der Waals surface area contributed by atoms with E-state index < -0.39 is 6.04 Å². The van der Waals surface area contributed by atoms with Crippen LogP contribution in [-0.2, 0) is 0 Å². The number of unbranched alkanes of at least 4 members (excludes halogenated alkanes) is 1. The quantitative estimate of drug-likeness (QED) is 0.514. The number of benzene rings is 2. The summed E-state index contributed by atoms with van der Waals surface area (Å²) in [4.78, 5) is 19.3. The number of allylic oxidation sites excluding steroid dienone is 1. The Morgan fingerprint density at radius 3 is 2.71 bits per heavy atom. The first-order valence-electron chi connectivity index (χ1n) is 10.4. The Labute approximate surface area is 186 Å². The number of hydrogen-bond donors (Lipinski definition) is 1. The van der Waals surface area contributed by atoms with Crippen LogP contribution in [0.25, 0.3) is 17.0 Å². The largest absolute Gasteiger partial charge is 0.334 e. The van der Waals surface area contributed by atoms with Crippen LogP contribution in [0.4, 0.5) is 4.79 Å². The summed E-state index contributed by atoms with van der Waals surface area (Å²) in [5.41, 5.74) is 4.45. The van der Waals surface area contributed by atoms with Gasteiger partial charge in [0.1, 0.15) is 0 Å². The first kappa shape index (κ1) is 21.1. The normalized spacial score (nSPS) is 16.6. The van der Waals surface area contributed by atoms with E-state index in [2.05, 4.69) is 22.4 Å². The van der Waals surface area contributed by atoms with Gasteiger partial charge in [0.15, 0.2) is 0 Å². The maximum atomic E-state index is 12.9. The van der Waals surface area contributed by atoms with E-state index in [0.717, 1.165) is 40.8 Å². The lowest BCUT2D eigenvalue weighted by Gasteiger charge is -2.35. The smallest absolute Gasteiger partial charge is 0.322 e. The van der Waals surface area contributed by atoms with Gasteiger partial charge in [-0.1, -0.05) is 66.0 Å². The average molecular weight is 437 g/mol. The van der Waals surface area contributed by atoms with E-state index in [4.69, 9.17) is 16.1 Å². The average Bonchev–Trinajstić information content (AvgIpc) is 3.23. The molecule has 0 radical (unpaired) electrons. The number of nitrogens with zero attached hydrogens (tertiary/aromatic N) is 3. The molecule has 4 rings (SSSR count). The summed E-state index contributed by atoms with van der Waals surface area (Å²) in [6, 6.07) is 14.8. The summed E-state index contributed by atoms with van der Waals surface area (Å²) in [6.45, 7) is 6.67. The number of carbonyl (C=O) groups excluding carboxylic acids is 1. The van der Waals surface area contributed by atoms with E-state index in [9.17, 15) is 4.79 Å². The van der Waals surface area contributed by atoms with Gasteiger partial charge in [-0.05, 0) is 44.0 Å². The lowest BCUT2D eigenvalue weighted by atomic mass is 9.94. The molecule has 2 heterocycles. The third-order valence-corrected chi connectivity index (χ3v) is 5.68. The predicted molar refractivity (Wildman–Crippen MR) is 121 cm³/mol. The summed E-state index contributed by atoms with van der Waals surface area (Å²) in [6.07, 6.45) is 1.89. The lowest BCUT2D eigenvalue weighted by Crippen LogP contribution is -2.46. The van der Waals surface area contributed by atoms with Crippen LogP contribution in [0.1, 0.15) is 49.7 Å². The van der Waals surface area contributed by atoms with Crippen molar-refractivity contribution in [3.8, 4) is 11.4 Å². The molecule has 2 aromatic carbocycles. The second-order valence-corrected chi connectivity index (χ2v) is 8.17. The van der Waals surface area contributed by atoms with E-state index in [1.54, 1.807) is 4.90 Å². The van der Waals surface area contributed by atoms with Gasteiger partial charge in [-0.2, -0.15) is 4.98 Å². The van der Waals surface area contributed by atoms with E-state index >= 15 is 0 Å². The van der Waals surface area contributed by atoms with Crippen LogP contribution in [0, 0.1) is 6.92 Å². The maximum absolute atomic E-state index is 12.9. The third kappa shape index (κ3) is 4.35. The molecule has 1 N–H and O–H groups in total. The summed E-state index contributed by atoms with van der Waals surface area (Å²) >= 11 is 6.24. The zero-order chi connectivity index (χ0) is 22.0. The van der Waals surface area contributed by atoms with Crippen molar-refractivity contribution in [3.05, 3.63) is 76.3 Å². The number of aryl methyl sites for hydroxylation is 1. The molecule has 0 aliphatic carbocycles. The Morgan fingerprint density at radius 1 is 1.16 bits per heavy atom. The highest BCUT2D eigenvalue weighted by molar-refractivity contribution is 6.30. The summed E-state index contributed by atoms with van der Waals surface area (Å²) in [7, 11) is 0.